The fourth-order valence-electron chi connectivity index (χ4n) is 2.04. The zero-order valence-corrected chi connectivity index (χ0v) is 13.3. The van der Waals surface area contributed by atoms with Crippen LogP contribution in [0.25, 0.3) is 0 Å². The number of hydrogen-bond acceptors (Lipinski definition) is 4. The average Bonchev–Trinajstić information content (AvgIpc) is 2.50. The Morgan fingerprint density at radius 1 is 1.13 bits per heavy atom. The van der Waals surface area contributed by atoms with Crippen LogP contribution in [-0.2, 0) is 4.79 Å². The third kappa shape index (κ3) is 4.29. The van der Waals surface area contributed by atoms with Crippen LogP contribution >= 0.6 is 0 Å². The summed E-state index contributed by atoms with van der Waals surface area (Å²) in [4.78, 5) is 22.4. The maximum absolute atomic E-state index is 11.9. The Labute approximate surface area is 134 Å². The topological polar surface area (TPSA) is 81.5 Å². The molecule has 120 valence electrons. The number of benzene rings is 2. The number of hydrogen-bond donors (Lipinski definition) is 1. The minimum atomic E-state index is -0.521. The molecule has 0 aliphatic carbocycles. The van der Waals surface area contributed by atoms with E-state index >= 15 is 0 Å². The summed E-state index contributed by atoms with van der Waals surface area (Å²) < 4.78 is 5.42. The predicted octanol–water partition coefficient (Wildman–Crippen LogP) is 3.54. The van der Waals surface area contributed by atoms with Gasteiger partial charge in [0.25, 0.3) is 11.6 Å². The standard InChI is InChI=1S/C17H18N2O4/c1-11-4-7-15(16(8-11)19(21)22)18-17(20)10-23-14-6-5-12(2)13(3)9-14/h4-9H,10H2,1-3H3,(H,18,20). The quantitative estimate of drug-likeness (QED) is 0.676. The summed E-state index contributed by atoms with van der Waals surface area (Å²) in [7, 11) is 0. The predicted molar refractivity (Wildman–Crippen MR) is 87.9 cm³/mol. The van der Waals surface area contributed by atoms with Crippen molar-refractivity contribution in [2.75, 3.05) is 11.9 Å². The minimum Gasteiger partial charge on any atom is -0.484 e. The van der Waals surface area contributed by atoms with E-state index in [1.807, 2.05) is 26.0 Å². The summed E-state index contributed by atoms with van der Waals surface area (Å²) in [5, 5.41) is 13.5. The smallest absolute Gasteiger partial charge is 0.293 e. The second-order valence-corrected chi connectivity index (χ2v) is 5.36. The molecule has 0 bridgehead atoms. The van der Waals surface area contributed by atoms with E-state index in [0.29, 0.717) is 5.75 Å². The maximum atomic E-state index is 11.9. The lowest BCUT2D eigenvalue weighted by atomic mass is 10.1. The third-order valence-corrected chi connectivity index (χ3v) is 3.47. The number of amides is 1. The van der Waals surface area contributed by atoms with Gasteiger partial charge in [0.15, 0.2) is 6.61 Å². The Bertz CT molecular complexity index is 756. The Morgan fingerprint density at radius 2 is 1.87 bits per heavy atom. The van der Waals surface area contributed by atoms with Crippen LogP contribution in [0, 0.1) is 30.9 Å². The second kappa shape index (κ2) is 6.91. The molecule has 2 aromatic carbocycles. The number of anilines is 1. The molecule has 0 saturated heterocycles. The van der Waals surface area contributed by atoms with Gasteiger partial charge in [-0.15, -0.1) is 0 Å². The van der Waals surface area contributed by atoms with E-state index in [1.54, 1.807) is 19.1 Å². The lowest BCUT2D eigenvalue weighted by Gasteiger charge is -2.09. The molecule has 2 rings (SSSR count). The lowest BCUT2D eigenvalue weighted by molar-refractivity contribution is -0.384. The van der Waals surface area contributed by atoms with Crippen molar-refractivity contribution in [2.45, 2.75) is 20.8 Å². The summed E-state index contributed by atoms with van der Waals surface area (Å²) >= 11 is 0. The van der Waals surface area contributed by atoms with E-state index in [4.69, 9.17) is 4.74 Å². The van der Waals surface area contributed by atoms with E-state index < -0.39 is 10.8 Å². The molecule has 0 aliphatic heterocycles. The number of aryl methyl sites for hydroxylation is 3. The molecule has 1 N–H and O–H groups in total. The van der Waals surface area contributed by atoms with Gasteiger partial charge in [0.05, 0.1) is 4.92 Å². The van der Waals surface area contributed by atoms with E-state index in [9.17, 15) is 14.9 Å². The molecule has 0 aromatic heterocycles. The molecule has 0 radical (unpaired) electrons. The van der Waals surface area contributed by atoms with Crippen molar-refractivity contribution >= 4 is 17.3 Å². The molecule has 0 spiro atoms. The Balaban J connectivity index is 2.02. The summed E-state index contributed by atoms with van der Waals surface area (Å²) in [6.45, 7) is 5.48. The molecule has 6 nitrogen and oxygen atoms in total. The Morgan fingerprint density at radius 3 is 2.52 bits per heavy atom. The SMILES string of the molecule is Cc1ccc(NC(=O)COc2ccc(C)c(C)c2)c([N+](=O)[O-])c1. The number of carbonyl (C=O) groups is 1. The van der Waals surface area contributed by atoms with Gasteiger partial charge in [-0.3, -0.25) is 14.9 Å². The highest BCUT2D eigenvalue weighted by atomic mass is 16.6. The molecule has 1 amide bonds. The zero-order chi connectivity index (χ0) is 17.0. The van der Waals surface area contributed by atoms with Crippen LogP contribution in [0.15, 0.2) is 36.4 Å². The van der Waals surface area contributed by atoms with Gasteiger partial charge in [-0.1, -0.05) is 12.1 Å². The monoisotopic (exact) mass is 314 g/mol. The summed E-state index contributed by atoms with van der Waals surface area (Å²) in [5.74, 6) is 0.136. The minimum absolute atomic E-state index is 0.135. The Hall–Kier alpha value is -2.89. The zero-order valence-electron chi connectivity index (χ0n) is 13.3. The molecule has 0 aliphatic rings. The highest BCUT2D eigenvalue weighted by Gasteiger charge is 2.16. The van der Waals surface area contributed by atoms with Crippen LogP contribution in [-0.4, -0.2) is 17.4 Å². The van der Waals surface area contributed by atoms with Gasteiger partial charge in [0, 0.05) is 6.07 Å². The summed E-state index contributed by atoms with van der Waals surface area (Å²) in [6, 6.07) is 10.2. The molecule has 0 heterocycles. The van der Waals surface area contributed by atoms with Crippen LogP contribution in [0.2, 0.25) is 0 Å². The molecular weight excluding hydrogens is 296 g/mol. The lowest BCUT2D eigenvalue weighted by Crippen LogP contribution is -2.20. The van der Waals surface area contributed by atoms with E-state index in [0.717, 1.165) is 16.7 Å². The van der Waals surface area contributed by atoms with Crippen molar-refractivity contribution in [3.05, 3.63) is 63.2 Å². The highest BCUT2D eigenvalue weighted by Crippen LogP contribution is 2.25. The number of nitrogens with zero attached hydrogens (tertiary/aromatic N) is 1. The number of nitro benzene ring substituents is 1. The van der Waals surface area contributed by atoms with Crippen molar-refractivity contribution in [3.8, 4) is 5.75 Å². The van der Waals surface area contributed by atoms with Gasteiger partial charge >= 0.3 is 0 Å². The van der Waals surface area contributed by atoms with Crippen LogP contribution in [0.4, 0.5) is 11.4 Å². The summed E-state index contributed by atoms with van der Waals surface area (Å²) in [5.41, 5.74) is 2.98. The first-order valence-corrected chi connectivity index (χ1v) is 7.12. The molecule has 2 aromatic rings. The van der Waals surface area contributed by atoms with Gasteiger partial charge in [-0.2, -0.15) is 0 Å². The first-order chi connectivity index (χ1) is 10.9. The van der Waals surface area contributed by atoms with Crippen LogP contribution in [0.1, 0.15) is 16.7 Å². The van der Waals surface area contributed by atoms with Crippen LogP contribution in [0.3, 0.4) is 0 Å². The number of nitrogens with one attached hydrogen (secondary N) is 1. The van der Waals surface area contributed by atoms with Crippen molar-refractivity contribution in [1.29, 1.82) is 0 Å². The van der Waals surface area contributed by atoms with Crippen LogP contribution in [0.5, 0.6) is 5.75 Å². The number of nitro groups is 1. The number of ether oxygens (including phenoxy) is 1. The van der Waals surface area contributed by atoms with Gasteiger partial charge in [0.2, 0.25) is 0 Å². The third-order valence-electron chi connectivity index (χ3n) is 3.47. The number of carbonyl (C=O) groups excluding carboxylic acids is 1. The molecule has 0 fully saturated rings. The van der Waals surface area contributed by atoms with Gasteiger partial charge in [-0.05, 0) is 55.7 Å². The molecule has 23 heavy (non-hydrogen) atoms. The molecule has 6 heteroatoms. The first kappa shape index (κ1) is 16.5. The highest BCUT2D eigenvalue weighted by molar-refractivity contribution is 5.94. The van der Waals surface area contributed by atoms with Crippen LogP contribution < -0.4 is 10.1 Å². The molecule has 0 saturated carbocycles. The normalized spacial score (nSPS) is 10.2. The molecular formula is C17H18N2O4. The fourth-order valence-corrected chi connectivity index (χ4v) is 2.04. The van der Waals surface area contributed by atoms with E-state index in [-0.39, 0.29) is 18.0 Å². The van der Waals surface area contributed by atoms with Gasteiger partial charge in [0.1, 0.15) is 11.4 Å². The van der Waals surface area contributed by atoms with Gasteiger partial charge < -0.3 is 10.1 Å². The van der Waals surface area contributed by atoms with Gasteiger partial charge in [-0.25, -0.2) is 0 Å². The molecule has 0 unspecified atom stereocenters. The van der Waals surface area contributed by atoms with Crippen molar-refractivity contribution in [3.63, 3.8) is 0 Å². The Kier molecular flexibility index (Phi) is 4.95. The maximum Gasteiger partial charge on any atom is 0.293 e. The van der Waals surface area contributed by atoms with E-state index in [1.165, 1.54) is 12.1 Å². The van der Waals surface area contributed by atoms with Crippen molar-refractivity contribution in [2.24, 2.45) is 0 Å². The molecule has 0 atom stereocenters. The second-order valence-electron chi connectivity index (χ2n) is 5.36. The van der Waals surface area contributed by atoms with E-state index in [2.05, 4.69) is 5.32 Å². The first-order valence-electron chi connectivity index (χ1n) is 7.12. The summed E-state index contributed by atoms with van der Waals surface area (Å²) in [6.07, 6.45) is 0. The average molecular weight is 314 g/mol. The van der Waals surface area contributed by atoms with Crippen molar-refractivity contribution < 1.29 is 14.5 Å². The number of rotatable bonds is 5. The van der Waals surface area contributed by atoms with Crippen molar-refractivity contribution in [1.82, 2.24) is 0 Å². The largest absolute Gasteiger partial charge is 0.484 e. The fraction of sp³-hybridized carbons (Fsp3) is 0.235.